The lowest BCUT2D eigenvalue weighted by molar-refractivity contribution is 0.727. The minimum atomic E-state index is 0.864. The Labute approximate surface area is 151 Å². The largest absolute Gasteiger partial charge is 0.383 e. The molecule has 2 aromatic heterocycles. The van der Waals surface area contributed by atoms with E-state index in [1.807, 2.05) is 12.5 Å². The summed E-state index contributed by atoms with van der Waals surface area (Å²) in [7, 11) is 0. The Hall–Kier alpha value is -3.34. The first-order valence-electron chi connectivity index (χ1n) is 8.84. The third-order valence-electron chi connectivity index (χ3n) is 4.94. The van der Waals surface area contributed by atoms with Gasteiger partial charge in [0.25, 0.3) is 0 Å². The molecule has 0 atom stereocenters. The molecule has 2 heterocycles. The zero-order valence-corrected chi connectivity index (χ0v) is 14.3. The Morgan fingerprint density at radius 2 is 1.96 bits per heavy atom. The van der Waals surface area contributed by atoms with Gasteiger partial charge in [-0.1, -0.05) is 36.4 Å². The molecule has 5 nitrogen and oxygen atoms in total. The van der Waals surface area contributed by atoms with Crippen molar-refractivity contribution in [2.45, 2.75) is 13.0 Å². The van der Waals surface area contributed by atoms with Crippen LogP contribution in [0.4, 0.5) is 5.69 Å². The quantitative estimate of drug-likeness (QED) is 0.509. The number of nitrogens with one attached hydrogen (secondary N) is 2. The molecular formula is C21H19N5. The highest BCUT2D eigenvalue weighted by Gasteiger charge is 2.24. The molecule has 0 aliphatic heterocycles. The molecule has 26 heavy (non-hydrogen) atoms. The van der Waals surface area contributed by atoms with Crippen LogP contribution in [0.25, 0.3) is 22.5 Å². The first-order valence-corrected chi connectivity index (χ1v) is 8.84. The van der Waals surface area contributed by atoms with E-state index in [0.29, 0.717) is 0 Å². The first-order chi connectivity index (χ1) is 12.9. The van der Waals surface area contributed by atoms with Crippen LogP contribution in [0.15, 0.2) is 67.3 Å². The predicted octanol–water partition coefficient (Wildman–Crippen LogP) is 3.96. The number of rotatable bonds is 5. The highest BCUT2D eigenvalue weighted by molar-refractivity contribution is 5.81. The van der Waals surface area contributed by atoms with Gasteiger partial charge in [0.2, 0.25) is 0 Å². The summed E-state index contributed by atoms with van der Waals surface area (Å²) < 4.78 is 2.06. The maximum atomic E-state index is 4.58. The van der Waals surface area contributed by atoms with Crippen molar-refractivity contribution in [2.75, 3.05) is 11.9 Å². The van der Waals surface area contributed by atoms with Crippen LogP contribution < -0.4 is 5.32 Å². The van der Waals surface area contributed by atoms with Crippen LogP contribution in [-0.4, -0.2) is 26.3 Å². The fraction of sp³-hybridized carbons (Fsp3) is 0.143. The van der Waals surface area contributed by atoms with Gasteiger partial charge in [0.05, 0.1) is 17.7 Å². The Morgan fingerprint density at radius 3 is 2.81 bits per heavy atom. The summed E-state index contributed by atoms with van der Waals surface area (Å²) in [6.45, 7) is 1.76. The topological polar surface area (TPSA) is 58.5 Å². The number of aromatic nitrogens is 4. The van der Waals surface area contributed by atoms with Crippen LogP contribution in [0.3, 0.4) is 0 Å². The number of hydrogen-bond acceptors (Lipinski definition) is 3. The standard InChI is InChI=1S/C21H19N5/c1-2-4-18-16(3-1)13-19-20(24-25-21(18)19)15-5-7-17(8-6-15)23-10-12-26-11-9-22-14-26/h1-9,11,14,23H,10,12-13H2,(H,24,25). The van der Waals surface area contributed by atoms with Gasteiger partial charge in [-0.3, -0.25) is 5.10 Å². The van der Waals surface area contributed by atoms with Crippen LogP contribution in [0.5, 0.6) is 0 Å². The summed E-state index contributed by atoms with van der Waals surface area (Å²) in [5.41, 5.74) is 8.43. The number of nitrogens with zero attached hydrogens (tertiary/aromatic N) is 3. The molecule has 0 unspecified atom stereocenters. The number of imidazole rings is 1. The van der Waals surface area contributed by atoms with Crippen LogP contribution in [0.1, 0.15) is 11.1 Å². The first kappa shape index (κ1) is 15.0. The normalized spacial score (nSPS) is 12.0. The summed E-state index contributed by atoms with van der Waals surface area (Å²) in [5.74, 6) is 0. The SMILES string of the molecule is c1ccc2c(c1)Cc1c(-c3ccc(NCCn4ccnc4)cc3)n[nH]c1-2. The molecule has 0 fully saturated rings. The van der Waals surface area contributed by atoms with Crippen molar-refractivity contribution < 1.29 is 0 Å². The number of hydrogen-bond donors (Lipinski definition) is 2. The van der Waals surface area contributed by atoms with Crippen molar-refractivity contribution in [3.63, 3.8) is 0 Å². The van der Waals surface area contributed by atoms with Crippen molar-refractivity contribution in [3.8, 4) is 22.5 Å². The van der Waals surface area contributed by atoms with E-state index in [1.165, 1.54) is 16.7 Å². The number of benzene rings is 2. The smallest absolute Gasteiger partial charge is 0.0962 e. The lowest BCUT2D eigenvalue weighted by Crippen LogP contribution is -2.08. The second-order valence-corrected chi connectivity index (χ2v) is 6.56. The highest BCUT2D eigenvalue weighted by atomic mass is 15.1. The van der Waals surface area contributed by atoms with Crippen LogP contribution in [0.2, 0.25) is 0 Å². The lowest BCUT2D eigenvalue weighted by atomic mass is 10.1. The second kappa shape index (κ2) is 6.19. The van der Waals surface area contributed by atoms with E-state index in [-0.39, 0.29) is 0 Å². The lowest BCUT2D eigenvalue weighted by Gasteiger charge is -2.08. The summed E-state index contributed by atoms with van der Waals surface area (Å²) in [6, 6.07) is 17.0. The van der Waals surface area contributed by atoms with Crippen molar-refractivity contribution in [2.24, 2.45) is 0 Å². The number of fused-ring (bicyclic) bond motifs is 3. The average Bonchev–Trinajstić information content (AvgIpc) is 3.39. The molecule has 0 spiro atoms. The predicted molar refractivity (Wildman–Crippen MR) is 103 cm³/mol. The van der Waals surface area contributed by atoms with Gasteiger partial charge in [-0.2, -0.15) is 5.10 Å². The molecule has 0 saturated carbocycles. The van der Waals surface area contributed by atoms with Crippen LogP contribution >= 0.6 is 0 Å². The molecule has 0 radical (unpaired) electrons. The fourth-order valence-electron chi connectivity index (χ4n) is 3.60. The van der Waals surface area contributed by atoms with Gasteiger partial charge < -0.3 is 9.88 Å². The van der Waals surface area contributed by atoms with E-state index in [0.717, 1.165) is 42.1 Å². The van der Waals surface area contributed by atoms with Crippen molar-refractivity contribution in [1.82, 2.24) is 19.7 Å². The van der Waals surface area contributed by atoms with Gasteiger partial charge >= 0.3 is 0 Å². The Bertz CT molecular complexity index is 1030. The van der Waals surface area contributed by atoms with Crippen molar-refractivity contribution >= 4 is 5.69 Å². The van der Waals surface area contributed by atoms with E-state index >= 15 is 0 Å². The Kier molecular flexibility index (Phi) is 3.56. The molecule has 0 amide bonds. The second-order valence-electron chi connectivity index (χ2n) is 6.56. The zero-order chi connectivity index (χ0) is 17.3. The van der Waals surface area contributed by atoms with E-state index in [1.54, 1.807) is 6.20 Å². The summed E-state index contributed by atoms with van der Waals surface area (Å²) in [4.78, 5) is 4.06. The van der Waals surface area contributed by atoms with Gasteiger partial charge in [-0.25, -0.2) is 4.98 Å². The van der Waals surface area contributed by atoms with E-state index in [4.69, 9.17) is 0 Å². The molecule has 0 saturated heterocycles. The van der Waals surface area contributed by atoms with Crippen LogP contribution in [0, 0.1) is 0 Å². The molecule has 2 aromatic carbocycles. The monoisotopic (exact) mass is 341 g/mol. The van der Waals surface area contributed by atoms with E-state index < -0.39 is 0 Å². The molecule has 2 N–H and O–H groups in total. The van der Waals surface area contributed by atoms with E-state index in [2.05, 4.69) is 73.6 Å². The minimum absolute atomic E-state index is 0.864. The Morgan fingerprint density at radius 1 is 1.08 bits per heavy atom. The van der Waals surface area contributed by atoms with Gasteiger partial charge in [-0.05, 0) is 17.7 Å². The fourth-order valence-corrected chi connectivity index (χ4v) is 3.60. The van der Waals surface area contributed by atoms with Crippen molar-refractivity contribution in [1.29, 1.82) is 0 Å². The molecule has 1 aliphatic carbocycles. The summed E-state index contributed by atoms with van der Waals surface area (Å²) in [6.07, 6.45) is 6.56. The van der Waals surface area contributed by atoms with Gasteiger partial charge in [0.15, 0.2) is 0 Å². The molecule has 5 rings (SSSR count). The number of anilines is 1. The molecule has 1 aliphatic rings. The summed E-state index contributed by atoms with van der Waals surface area (Å²) in [5, 5.41) is 11.3. The third-order valence-corrected chi connectivity index (χ3v) is 4.94. The molecule has 4 aromatic rings. The highest BCUT2D eigenvalue weighted by Crippen LogP contribution is 2.39. The summed E-state index contributed by atoms with van der Waals surface area (Å²) >= 11 is 0. The van der Waals surface area contributed by atoms with Gasteiger partial charge in [0, 0.05) is 54.3 Å². The maximum absolute atomic E-state index is 4.58. The van der Waals surface area contributed by atoms with E-state index in [9.17, 15) is 0 Å². The molecule has 128 valence electrons. The average molecular weight is 341 g/mol. The minimum Gasteiger partial charge on any atom is -0.383 e. The Balaban J connectivity index is 1.32. The molecular weight excluding hydrogens is 322 g/mol. The van der Waals surface area contributed by atoms with Gasteiger partial charge in [-0.15, -0.1) is 0 Å². The molecule has 0 bridgehead atoms. The number of H-pyrrole nitrogens is 1. The van der Waals surface area contributed by atoms with Crippen LogP contribution in [-0.2, 0) is 13.0 Å². The molecule has 5 heteroatoms. The van der Waals surface area contributed by atoms with Crippen molar-refractivity contribution in [3.05, 3.63) is 78.4 Å². The third kappa shape index (κ3) is 2.58. The maximum Gasteiger partial charge on any atom is 0.0962 e. The number of aromatic amines is 1. The van der Waals surface area contributed by atoms with Gasteiger partial charge in [0.1, 0.15) is 0 Å². The zero-order valence-electron chi connectivity index (χ0n) is 14.3.